The highest BCUT2D eigenvalue weighted by Crippen LogP contribution is 2.22. The van der Waals surface area contributed by atoms with Gasteiger partial charge in [-0.3, -0.25) is 4.79 Å². The number of rotatable bonds is 4. The van der Waals surface area contributed by atoms with E-state index in [9.17, 15) is 4.79 Å². The van der Waals surface area contributed by atoms with Gasteiger partial charge in [0.2, 0.25) is 5.91 Å². The normalized spacial score (nSPS) is 19.9. The minimum atomic E-state index is -0.152. The van der Waals surface area contributed by atoms with Crippen LogP contribution in [0, 0.1) is 0 Å². The van der Waals surface area contributed by atoms with Crippen molar-refractivity contribution in [1.29, 1.82) is 0 Å². The number of nitrogens with one attached hydrogen (secondary N) is 1. The molecule has 2 aliphatic heterocycles. The lowest BCUT2D eigenvalue weighted by Gasteiger charge is -2.22. The van der Waals surface area contributed by atoms with Crippen molar-refractivity contribution in [1.82, 2.24) is 4.90 Å². The zero-order chi connectivity index (χ0) is 14.7. The van der Waals surface area contributed by atoms with E-state index in [0.29, 0.717) is 0 Å². The Morgan fingerprint density at radius 2 is 1.57 bits per heavy atom. The van der Waals surface area contributed by atoms with E-state index in [2.05, 4.69) is 34.5 Å². The van der Waals surface area contributed by atoms with Gasteiger partial charge in [0.1, 0.15) is 6.04 Å². The number of likely N-dealkylation sites (tertiary alicyclic amines) is 1. The van der Waals surface area contributed by atoms with Gasteiger partial charge in [-0.2, -0.15) is 0 Å². The maximum Gasteiger partial charge on any atom is 0.244 e. The Labute approximate surface area is 127 Å². The molecule has 4 heteroatoms. The number of benzene rings is 1. The average Bonchev–Trinajstić information content (AvgIpc) is 3.20. The van der Waals surface area contributed by atoms with Crippen LogP contribution in [0.3, 0.4) is 0 Å². The fourth-order valence-corrected chi connectivity index (χ4v) is 3.27. The van der Waals surface area contributed by atoms with Gasteiger partial charge in [-0.1, -0.05) is 0 Å². The molecule has 1 atom stereocenters. The van der Waals surface area contributed by atoms with Gasteiger partial charge < -0.3 is 15.1 Å². The van der Waals surface area contributed by atoms with Crippen molar-refractivity contribution >= 4 is 17.3 Å². The van der Waals surface area contributed by atoms with Crippen molar-refractivity contribution < 1.29 is 4.79 Å². The van der Waals surface area contributed by atoms with Gasteiger partial charge in [0.05, 0.1) is 0 Å². The molecule has 1 aromatic carbocycles. The molecule has 2 aliphatic rings. The molecule has 2 saturated heterocycles. The third-order valence-corrected chi connectivity index (χ3v) is 4.51. The van der Waals surface area contributed by atoms with Crippen LogP contribution < -0.4 is 10.2 Å². The largest absolute Gasteiger partial charge is 0.374 e. The van der Waals surface area contributed by atoms with Crippen molar-refractivity contribution in [2.75, 3.05) is 36.4 Å². The number of hydrogen-bond donors (Lipinski definition) is 1. The third kappa shape index (κ3) is 3.31. The van der Waals surface area contributed by atoms with Crippen LogP contribution in [0.4, 0.5) is 11.4 Å². The summed E-state index contributed by atoms with van der Waals surface area (Å²) in [6.07, 6.45) is 4.87. The van der Waals surface area contributed by atoms with E-state index >= 15 is 0 Å². The molecule has 1 amide bonds. The summed E-state index contributed by atoms with van der Waals surface area (Å²) in [6.45, 7) is 6.11. The van der Waals surface area contributed by atoms with Crippen molar-refractivity contribution in [2.24, 2.45) is 0 Å². The van der Waals surface area contributed by atoms with E-state index in [-0.39, 0.29) is 11.9 Å². The summed E-state index contributed by atoms with van der Waals surface area (Å²) >= 11 is 0. The molecule has 0 saturated carbocycles. The fraction of sp³-hybridized carbons (Fsp3) is 0.588. The summed E-state index contributed by atoms with van der Waals surface area (Å²) in [5.41, 5.74) is 2.31. The van der Waals surface area contributed by atoms with Crippen LogP contribution in [0.15, 0.2) is 24.3 Å². The molecule has 2 fully saturated rings. The minimum absolute atomic E-state index is 0.152. The Morgan fingerprint density at radius 3 is 2.19 bits per heavy atom. The Bertz CT molecular complexity index is 473. The monoisotopic (exact) mass is 287 g/mol. The molecule has 0 aromatic heterocycles. The zero-order valence-corrected chi connectivity index (χ0v) is 12.8. The first-order valence-electron chi connectivity index (χ1n) is 8.14. The van der Waals surface area contributed by atoms with Gasteiger partial charge in [0.15, 0.2) is 0 Å². The molecule has 3 rings (SSSR count). The molecule has 21 heavy (non-hydrogen) atoms. The second-order valence-corrected chi connectivity index (χ2v) is 6.14. The van der Waals surface area contributed by atoms with Crippen LogP contribution in [-0.2, 0) is 4.79 Å². The smallest absolute Gasteiger partial charge is 0.244 e. The number of amides is 1. The van der Waals surface area contributed by atoms with E-state index in [1.165, 1.54) is 18.5 Å². The second kappa shape index (κ2) is 6.37. The molecule has 1 unspecified atom stereocenters. The minimum Gasteiger partial charge on any atom is -0.374 e. The van der Waals surface area contributed by atoms with Crippen molar-refractivity contribution in [3.8, 4) is 0 Å². The van der Waals surface area contributed by atoms with Crippen LogP contribution in [0.5, 0.6) is 0 Å². The number of anilines is 2. The topological polar surface area (TPSA) is 35.6 Å². The molecule has 1 N–H and O–H groups in total. The first-order valence-corrected chi connectivity index (χ1v) is 8.14. The van der Waals surface area contributed by atoms with Gasteiger partial charge in [-0.05, 0) is 56.9 Å². The lowest BCUT2D eigenvalue weighted by molar-refractivity contribution is -0.130. The van der Waals surface area contributed by atoms with Gasteiger partial charge in [0, 0.05) is 37.6 Å². The van der Waals surface area contributed by atoms with Crippen molar-refractivity contribution in [2.45, 2.75) is 38.6 Å². The van der Waals surface area contributed by atoms with Gasteiger partial charge in [-0.15, -0.1) is 0 Å². The second-order valence-electron chi connectivity index (χ2n) is 6.14. The maximum absolute atomic E-state index is 12.3. The highest BCUT2D eigenvalue weighted by atomic mass is 16.2. The maximum atomic E-state index is 12.3. The molecule has 0 aliphatic carbocycles. The summed E-state index contributed by atoms with van der Waals surface area (Å²) < 4.78 is 0. The van der Waals surface area contributed by atoms with Crippen LogP contribution in [0.25, 0.3) is 0 Å². The average molecular weight is 287 g/mol. The number of carbonyl (C=O) groups excluding carboxylic acids is 1. The molecule has 0 spiro atoms. The molecule has 2 heterocycles. The third-order valence-electron chi connectivity index (χ3n) is 4.51. The lowest BCUT2D eigenvalue weighted by Crippen LogP contribution is -2.39. The fourth-order valence-electron chi connectivity index (χ4n) is 3.27. The van der Waals surface area contributed by atoms with Crippen molar-refractivity contribution in [3.05, 3.63) is 24.3 Å². The van der Waals surface area contributed by atoms with Crippen LogP contribution >= 0.6 is 0 Å². The first-order chi connectivity index (χ1) is 10.2. The Hall–Kier alpha value is -1.71. The van der Waals surface area contributed by atoms with Gasteiger partial charge in [0.25, 0.3) is 0 Å². The van der Waals surface area contributed by atoms with Crippen LogP contribution in [-0.4, -0.2) is 43.0 Å². The molecule has 0 radical (unpaired) electrons. The molecular weight excluding hydrogens is 262 g/mol. The van der Waals surface area contributed by atoms with Gasteiger partial charge >= 0.3 is 0 Å². The highest BCUT2D eigenvalue weighted by Gasteiger charge is 2.23. The van der Waals surface area contributed by atoms with Crippen LogP contribution in [0.1, 0.15) is 32.6 Å². The quantitative estimate of drug-likeness (QED) is 0.925. The Kier molecular flexibility index (Phi) is 4.32. The van der Waals surface area contributed by atoms with Crippen LogP contribution in [0.2, 0.25) is 0 Å². The SMILES string of the molecule is CC(Nc1ccc(N2CCCC2)cc1)C(=O)N1CCCC1. The first kappa shape index (κ1) is 14.2. The Morgan fingerprint density at radius 1 is 1.00 bits per heavy atom. The van der Waals surface area contributed by atoms with Gasteiger partial charge in [-0.25, -0.2) is 0 Å². The number of hydrogen-bond acceptors (Lipinski definition) is 3. The summed E-state index contributed by atoms with van der Waals surface area (Å²) in [7, 11) is 0. The van der Waals surface area contributed by atoms with E-state index < -0.39 is 0 Å². The van der Waals surface area contributed by atoms with E-state index in [4.69, 9.17) is 0 Å². The predicted octanol–water partition coefficient (Wildman–Crippen LogP) is 2.71. The summed E-state index contributed by atoms with van der Waals surface area (Å²) in [5, 5.41) is 3.33. The standard InChI is InChI=1S/C17H25N3O/c1-14(17(21)20-12-4-5-13-20)18-15-6-8-16(9-7-15)19-10-2-3-11-19/h6-9,14,18H,2-5,10-13H2,1H3. The lowest BCUT2D eigenvalue weighted by atomic mass is 10.2. The highest BCUT2D eigenvalue weighted by molar-refractivity contribution is 5.84. The van der Waals surface area contributed by atoms with E-state index in [1.54, 1.807) is 0 Å². The van der Waals surface area contributed by atoms with E-state index in [1.807, 2.05) is 11.8 Å². The Balaban J connectivity index is 1.57. The molecule has 4 nitrogen and oxygen atoms in total. The summed E-state index contributed by atoms with van der Waals surface area (Å²) in [6, 6.07) is 8.32. The van der Waals surface area contributed by atoms with E-state index in [0.717, 1.165) is 44.7 Å². The molecule has 0 bridgehead atoms. The number of nitrogens with zero attached hydrogens (tertiary/aromatic N) is 2. The zero-order valence-electron chi connectivity index (χ0n) is 12.8. The predicted molar refractivity (Wildman–Crippen MR) is 86.8 cm³/mol. The summed E-state index contributed by atoms with van der Waals surface area (Å²) in [4.78, 5) is 16.7. The van der Waals surface area contributed by atoms with Crippen molar-refractivity contribution in [3.63, 3.8) is 0 Å². The molecule has 114 valence electrons. The molecule has 1 aromatic rings. The summed E-state index contributed by atoms with van der Waals surface area (Å²) in [5.74, 6) is 0.219. The number of carbonyl (C=O) groups is 1. The molecular formula is C17H25N3O.